The standard InChI is InChI=1S/C25H31N5O3S/c1-16-3-8-19-20(13-16)34-25-23(19)24(32)27-21(28-25)14-29(2)15-22(31)26-17-4-6-18(7-5-17)30-9-11-33-12-10-30/h4-7,16H,3,8-15H2,1-2H3,(H,26,31)(H,27,28,32)/p+1/t16-/m0/s1. The van der Waals surface area contributed by atoms with Crippen LogP contribution in [0.4, 0.5) is 11.4 Å². The Bertz CT molecular complexity index is 1230. The number of carbonyl (C=O) groups is 1. The quantitative estimate of drug-likeness (QED) is 0.497. The van der Waals surface area contributed by atoms with E-state index in [2.05, 4.69) is 22.1 Å². The number of nitrogens with one attached hydrogen (secondary N) is 3. The van der Waals surface area contributed by atoms with Gasteiger partial charge < -0.3 is 24.8 Å². The first-order valence-corrected chi connectivity index (χ1v) is 12.9. The summed E-state index contributed by atoms with van der Waals surface area (Å²) in [5.74, 6) is 1.22. The minimum Gasteiger partial charge on any atom is -0.378 e. The molecule has 3 N–H and O–H groups in total. The van der Waals surface area contributed by atoms with Gasteiger partial charge in [-0.3, -0.25) is 9.59 Å². The highest BCUT2D eigenvalue weighted by atomic mass is 32.1. The average molecular weight is 483 g/mol. The van der Waals surface area contributed by atoms with E-state index in [1.165, 1.54) is 10.4 Å². The highest BCUT2D eigenvalue weighted by Crippen LogP contribution is 2.35. The van der Waals surface area contributed by atoms with Crippen molar-refractivity contribution in [3.8, 4) is 0 Å². The molecule has 0 radical (unpaired) electrons. The number of thiophene rings is 1. The molecule has 3 heterocycles. The van der Waals surface area contributed by atoms with E-state index in [0.29, 0.717) is 18.3 Å². The van der Waals surface area contributed by atoms with Gasteiger partial charge in [-0.05, 0) is 55.0 Å². The van der Waals surface area contributed by atoms with Gasteiger partial charge in [-0.15, -0.1) is 11.3 Å². The third kappa shape index (κ3) is 5.01. The number of nitrogens with zero attached hydrogens (tertiary/aromatic N) is 2. The molecule has 1 aliphatic heterocycles. The van der Waals surface area contributed by atoms with Crippen molar-refractivity contribution in [2.45, 2.75) is 32.7 Å². The van der Waals surface area contributed by atoms with Crippen molar-refractivity contribution in [2.75, 3.05) is 50.1 Å². The Hall–Kier alpha value is -2.75. The van der Waals surface area contributed by atoms with Crippen molar-refractivity contribution in [1.29, 1.82) is 0 Å². The van der Waals surface area contributed by atoms with Gasteiger partial charge in [0, 0.05) is 29.3 Å². The molecule has 1 amide bonds. The number of likely N-dealkylation sites (N-methyl/N-ethyl adjacent to an activating group) is 1. The zero-order valence-corrected chi connectivity index (χ0v) is 20.6. The topological polar surface area (TPSA) is 91.8 Å². The molecule has 2 atom stereocenters. The van der Waals surface area contributed by atoms with Crippen LogP contribution in [0.15, 0.2) is 29.1 Å². The first kappa shape index (κ1) is 23.0. The highest BCUT2D eigenvalue weighted by Gasteiger charge is 2.23. The molecule has 180 valence electrons. The van der Waals surface area contributed by atoms with E-state index in [1.54, 1.807) is 11.3 Å². The second-order valence-corrected chi connectivity index (χ2v) is 10.6. The third-order valence-corrected chi connectivity index (χ3v) is 7.82. The Morgan fingerprint density at radius 1 is 1.29 bits per heavy atom. The fourth-order valence-corrected chi connectivity index (χ4v) is 6.28. The lowest BCUT2D eigenvalue weighted by atomic mass is 9.89. The van der Waals surface area contributed by atoms with Crippen molar-refractivity contribution in [2.24, 2.45) is 5.92 Å². The number of benzene rings is 1. The number of H-pyrrole nitrogens is 1. The number of aromatic amines is 1. The van der Waals surface area contributed by atoms with Crippen LogP contribution in [-0.2, 0) is 28.9 Å². The molecule has 34 heavy (non-hydrogen) atoms. The molecule has 8 nitrogen and oxygen atoms in total. The van der Waals surface area contributed by atoms with Crippen LogP contribution in [0.1, 0.15) is 29.6 Å². The molecule has 2 aliphatic rings. The lowest BCUT2D eigenvalue weighted by molar-refractivity contribution is -0.885. The molecule has 9 heteroatoms. The summed E-state index contributed by atoms with van der Waals surface area (Å²) in [6.07, 6.45) is 3.11. The Morgan fingerprint density at radius 2 is 2.06 bits per heavy atom. The zero-order chi connectivity index (χ0) is 23.7. The molecule has 1 aliphatic carbocycles. The Balaban J connectivity index is 1.19. The number of rotatable bonds is 6. The zero-order valence-electron chi connectivity index (χ0n) is 19.8. The molecule has 1 unspecified atom stereocenters. The van der Waals surface area contributed by atoms with Crippen LogP contribution >= 0.6 is 11.3 Å². The van der Waals surface area contributed by atoms with Gasteiger partial charge in [0.25, 0.3) is 11.5 Å². The summed E-state index contributed by atoms with van der Waals surface area (Å²) in [5.41, 5.74) is 3.06. The van der Waals surface area contributed by atoms with Crippen LogP contribution in [0.2, 0.25) is 0 Å². The molecule has 0 saturated carbocycles. The van der Waals surface area contributed by atoms with E-state index in [0.717, 1.165) is 72.1 Å². The largest absolute Gasteiger partial charge is 0.378 e. The lowest BCUT2D eigenvalue weighted by Crippen LogP contribution is -3.08. The minimum atomic E-state index is -0.0689. The summed E-state index contributed by atoms with van der Waals surface area (Å²) in [7, 11) is 1.94. The number of hydrogen-bond donors (Lipinski definition) is 3. The lowest BCUT2D eigenvalue weighted by Gasteiger charge is -2.28. The molecule has 1 saturated heterocycles. The van der Waals surface area contributed by atoms with Crippen molar-refractivity contribution >= 4 is 38.8 Å². The first-order chi connectivity index (χ1) is 16.5. The molecule has 0 bridgehead atoms. The molecular formula is C25H32N5O3S+. The maximum Gasteiger partial charge on any atom is 0.279 e. The van der Waals surface area contributed by atoms with Gasteiger partial charge in [-0.1, -0.05) is 6.92 Å². The van der Waals surface area contributed by atoms with Crippen LogP contribution in [0.25, 0.3) is 10.2 Å². The van der Waals surface area contributed by atoms with E-state index in [4.69, 9.17) is 9.72 Å². The van der Waals surface area contributed by atoms with Crippen LogP contribution in [0.3, 0.4) is 0 Å². The fourth-order valence-electron chi connectivity index (χ4n) is 4.88. The van der Waals surface area contributed by atoms with Gasteiger partial charge in [0.15, 0.2) is 12.4 Å². The number of aryl methyl sites for hydroxylation is 1. The number of ether oxygens (including phenoxy) is 1. The van der Waals surface area contributed by atoms with Crippen molar-refractivity contribution < 1.29 is 14.4 Å². The van der Waals surface area contributed by atoms with Gasteiger partial charge in [0.2, 0.25) is 0 Å². The Labute approximate surface area is 202 Å². The van der Waals surface area contributed by atoms with Gasteiger partial charge in [-0.25, -0.2) is 4.98 Å². The van der Waals surface area contributed by atoms with Crippen LogP contribution < -0.4 is 20.7 Å². The fraction of sp³-hybridized carbons (Fsp3) is 0.480. The van der Waals surface area contributed by atoms with Crippen molar-refractivity contribution in [3.05, 3.63) is 50.9 Å². The molecule has 1 aromatic carbocycles. The van der Waals surface area contributed by atoms with Gasteiger partial charge in [0.05, 0.1) is 25.6 Å². The number of morpholine rings is 1. The number of aromatic nitrogens is 2. The molecule has 2 aromatic heterocycles. The van der Waals surface area contributed by atoms with Crippen LogP contribution in [-0.4, -0.2) is 55.8 Å². The maximum atomic E-state index is 12.8. The number of hydrogen-bond acceptors (Lipinski definition) is 6. The summed E-state index contributed by atoms with van der Waals surface area (Å²) < 4.78 is 5.40. The summed E-state index contributed by atoms with van der Waals surface area (Å²) in [5, 5.41) is 3.74. The first-order valence-electron chi connectivity index (χ1n) is 12.0. The predicted molar refractivity (Wildman–Crippen MR) is 135 cm³/mol. The average Bonchev–Trinajstić information content (AvgIpc) is 3.17. The van der Waals surface area contributed by atoms with E-state index >= 15 is 0 Å². The summed E-state index contributed by atoms with van der Waals surface area (Å²) in [6.45, 7) is 6.28. The third-order valence-electron chi connectivity index (χ3n) is 6.67. The summed E-state index contributed by atoms with van der Waals surface area (Å²) >= 11 is 1.66. The van der Waals surface area contributed by atoms with E-state index in [-0.39, 0.29) is 18.0 Å². The second-order valence-electron chi connectivity index (χ2n) is 9.55. The molecule has 0 spiro atoms. The van der Waals surface area contributed by atoms with Crippen molar-refractivity contribution in [3.63, 3.8) is 0 Å². The number of fused-ring (bicyclic) bond motifs is 3. The summed E-state index contributed by atoms with van der Waals surface area (Å²) in [6, 6.07) is 7.93. The number of amides is 1. The SMILES string of the molecule is C[C@H]1CCc2c(sc3nc(C[NH+](C)CC(=O)Nc4ccc(N5CCOCC5)cc4)[nH]c(=O)c23)C1. The Kier molecular flexibility index (Phi) is 6.67. The second kappa shape index (κ2) is 9.85. The van der Waals surface area contributed by atoms with Gasteiger partial charge in [0.1, 0.15) is 11.4 Å². The normalized spacial score (nSPS) is 19.1. The summed E-state index contributed by atoms with van der Waals surface area (Å²) in [4.78, 5) is 38.5. The number of carbonyl (C=O) groups excluding carboxylic acids is 1. The smallest absolute Gasteiger partial charge is 0.279 e. The predicted octanol–water partition coefficient (Wildman–Crippen LogP) is 1.60. The number of quaternary nitrogens is 1. The Morgan fingerprint density at radius 3 is 2.82 bits per heavy atom. The van der Waals surface area contributed by atoms with Crippen molar-refractivity contribution in [1.82, 2.24) is 9.97 Å². The monoisotopic (exact) mass is 482 g/mol. The van der Waals surface area contributed by atoms with Crippen LogP contribution in [0.5, 0.6) is 0 Å². The van der Waals surface area contributed by atoms with Gasteiger partial charge >= 0.3 is 0 Å². The minimum absolute atomic E-state index is 0.0512. The van der Waals surface area contributed by atoms with Gasteiger partial charge in [-0.2, -0.15) is 0 Å². The molecule has 1 fully saturated rings. The molecule has 3 aromatic rings. The molecular weight excluding hydrogens is 450 g/mol. The maximum absolute atomic E-state index is 12.8. The molecule has 5 rings (SSSR count). The van der Waals surface area contributed by atoms with E-state index in [9.17, 15) is 9.59 Å². The highest BCUT2D eigenvalue weighted by molar-refractivity contribution is 7.18. The number of anilines is 2. The van der Waals surface area contributed by atoms with E-state index in [1.807, 2.05) is 31.3 Å². The van der Waals surface area contributed by atoms with E-state index < -0.39 is 0 Å². The van der Waals surface area contributed by atoms with Crippen LogP contribution in [0, 0.1) is 5.92 Å².